The number of hydrogen-bond donors (Lipinski definition) is 2. The molecule has 0 radical (unpaired) electrons. The topological polar surface area (TPSA) is 63.3 Å². The Balaban J connectivity index is 3.34. The third kappa shape index (κ3) is 2.29. The fourth-order valence-corrected chi connectivity index (χ4v) is 1.64. The molecule has 0 fully saturated rings. The third-order valence-corrected chi connectivity index (χ3v) is 2.39. The Morgan fingerprint density at radius 3 is 2.38 bits per heavy atom. The van der Waals surface area contributed by atoms with Crippen LogP contribution in [-0.2, 0) is 4.79 Å². The van der Waals surface area contributed by atoms with Gasteiger partial charge in [0.05, 0.1) is 11.6 Å². The predicted octanol–water partition coefficient (Wildman–Crippen LogP) is 2.37. The van der Waals surface area contributed by atoms with Gasteiger partial charge in [0.2, 0.25) is 0 Å². The number of benzene rings is 1. The molecule has 1 atom stereocenters. The summed E-state index contributed by atoms with van der Waals surface area (Å²) >= 11 is 0. The van der Waals surface area contributed by atoms with Crippen molar-refractivity contribution in [2.45, 2.75) is 19.8 Å². The summed E-state index contributed by atoms with van der Waals surface area (Å²) < 4.78 is 26.2. The highest BCUT2D eigenvalue weighted by Crippen LogP contribution is 2.31. The number of carbonyl (C=O) groups is 1. The summed E-state index contributed by atoms with van der Waals surface area (Å²) in [7, 11) is 0. The average Bonchev–Trinajstić information content (AvgIpc) is 2.12. The SMILES string of the molecule is CC(C)C(C(=O)O)c1cc(F)cc(F)c1N. The molecule has 0 bridgehead atoms. The maximum atomic E-state index is 13.2. The molecule has 3 nitrogen and oxygen atoms in total. The van der Waals surface area contributed by atoms with Crippen LogP contribution in [0.15, 0.2) is 12.1 Å². The highest BCUT2D eigenvalue weighted by Gasteiger charge is 2.27. The third-order valence-electron chi connectivity index (χ3n) is 2.39. The average molecular weight is 229 g/mol. The lowest BCUT2D eigenvalue weighted by Gasteiger charge is -2.18. The van der Waals surface area contributed by atoms with Crippen molar-refractivity contribution in [2.75, 3.05) is 5.73 Å². The summed E-state index contributed by atoms with van der Waals surface area (Å²) in [6.07, 6.45) is 0. The molecule has 0 aromatic heterocycles. The molecular weight excluding hydrogens is 216 g/mol. The zero-order chi connectivity index (χ0) is 12.5. The molecule has 88 valence electrons. The first-order valence-corrected chi connectivity index (χ1v) is 4.81. The van der Waals surface area contributed by atoms with Gasteiger partial charge in [-0.3, -0.25) is 4.79 Å². The van der Waals surface area contributed by atoms with E-state index in [0.29, 0.717) is 6.07 Å². The lowest BCUT2D eigenvalue weighted by Crippen LogP contribution is -2.19. The predicted molar refractivity (Wildman–Crippen MR) is 56.0 cm³/mol. The van der Waals surface area contributed by atoms with Crippen molar-refractivity contribution in [1.82, 2.24) is 0 Å². The molecule has 0 aliphatic rings. The van der Waals surface area contributed by atoms with Gasteiger partial charge in [-0.2, -0.15) is 0 Å². The van der Waals surface area contributed by atoms with E-state index in [9.17, 15) is 13.6 Å². The van der Waals surface area contributed by atoms with Gasteiger partial charge in [0.15, 0.2) is 0 Å². The van der Waals surface area contributed by atoms with Gasteiger partial charge in [0.25, 0.3) is 0 Å². The van der Waals surface area contributed by atoms with Crippen molar-refractivity contribution in [1.29, 1.82) is 0 Å². The molecule has 0 saturated carbocycles. The fourth-order valence-electron chi connectivity index (χ4n) is 1.64. The van der Waals surface area contributed by atoms with E-state index in [1.165, 1.54) is 0 Å². The van der Waals surface area contributed by atoms with Gasteiger partial charge in [0, 0.05) is 6.07 Å². The molecule has 5 heteroatoms. The van der Waals surface area contributed by atoms with Gasteiger partial charge in [-0.25, -0.2) is 8.78 Å². The summed E-state index contributed by atoms with van der Waals surface area (Å²) in [6.45, 7) is 3.31. The number of halogens is 2. The van der Waals surface area contributed by atoms with Gasteiger partial charge < -0.3 is 10.8 Å². The van der Waals surface area contributed by atoms with Crippen LogP contribution in [0.25, 0.3) is 0 Å². The van der Waals surface area contributed by atoms with Crippen LogP contribution in [-0.4, -0.2) is 11.1 Å². The van der Waals surface area contributed by atoms with E-state index in [1.54, 1.807) is 13.8 Å². The number of aliphatic carboxylic acids is 1. The summed E-state index contributed by atoms with van der Waals surface area (Å²) in [5.41, 5.74) is 5.11. The molecule has 0 amide bonds. The van der Waals surface area contributed by atoms with E-state index >= 15 is 0 Å². The van der Waals surface area contributed by atoms with Crippen LogP contribution in [0, 0.1) is 17.6 Å². The number of nitrogen functional groups attached to an aromatic ring is 1. The van der Waals surface area contributed by atoms with E-state index in [-0.39, 0.29) is 17.2 Å². The standard InChI is InChI=1S/C11H13F2NO2/c1-5(2)9(11(15)16)7-3-6(12)4-8(13)10(7)14/h3-5,9H,14H2,1-2H3,(H,15,16). The number of carboxylic acids is 1. The second-order valence-corrected chi connectivity index (χ2v) is 3.95. The summed E-state index contributed by atoms with van der Waals surface area (Å²) in [4.78, 5) is 11.0. The normalized spacial score (nSPS) is 12.8. The molecule has 1 unspecified atom stereocenters. The van der Waals surface area contributed by atoms with E-state index in [0.717, 1.165) is 6.07 Å². The van der Waals surface area contributed by atoms with E-state index in [4.69, 9.17) is 10.8 Å². The zero-order valence-corrected chi connectivity index (χ0v) is 9.00. The number of carboxylic acid groups (broad SMARTS) is 1. The van der Waals surface area contributed by atoms with Crippen LogP contribution in [0.2, 0.25) is 0 Å². The maximum absolute atomic E-state index is 13.2. The molecule has 0 aliphatic carbocycles. The summed E-state index contributed by atoms with van der Waals surface area (Å²) in [5, 5.41) is 9.00. The Morgan fingerprint density at radius 2 is 1.94 bits per heavy atom. The highest BCUT2D eigenvalue weighted by molar-refractivity contribution is 5.79. The quantitative estimate of drug-likeness (QED) is 0.782. The Kier molecular flexibility index (Phi) is 3.47. The van der Waals surface area contributed by atoms with Crippen molar-refractivity contribution >= 4 is 11.7 Å². The number of nitrogens with two attached hydrogens (primary N) is 1. The van der Waals surface area contributed by atoms with Crippen molar-refractivity contribution < 1.29 is 18.7 Å². The van der Waals surface area contributed by atoms with Crippen molar-refractivity contribution in [3.8, 4) is 0 Å². The van der Waals surface area contributed by atoms with E-state index in [2.05, 4.69) is 0 Å². The van der Waals surface area contributed by atoms with Crippen molar-refractivity contribution in [3.63, 3.8) is 0 Å². The number of rotatable bonds is 3. The lowest BCUT2D eigenvalue weighted by molar-refractivity contribution is -0.139. The van der Waals surface area contributed by atoms with Crippen molar-refractivity contribution in [3.05, 3.63) is 29.3 Å². The molecule has 1 aromatic rings. The van der Waals surface area contributed by atoms with Gasteiger partial charge in [-0.05, 0) is 17.5 Å². The first-order chi connectivity index (χ1) is 7.34. The first kappa shape index (κ1) is 12.4. The van der Waals surface area contributed by atoms with Gasteiger partial charge in [0.1, 0.15) is 11.6 Å². The number of hydrogen-bond acceptors (Lipinski definition) is 2. The Labute approximate surface area is 91.9 Å². The Hall–Kier alpha value is -1.65. The minimum atomic E-state index is -1.15. The molecule has 3 N–H and O–H groups in total. The van der Waals surface area contributed by atoms with Crippen LogP contribution in [0.5, 0.6) is 0 Å². The highest BCUT2D eigenvalue weighted by atomic mass is 19.1. The second-order valence-electron chi connectivity index (χ2n) is 3.95. The summed E-state index contributed by atoms with van der Waals surface area (Å²) in [6, 6.07) is 1.61. The van der Waals surface area contributed by atoms with Gasteiger partial charge in [-0.1, -0.05) is 13.8 Å². The molecule has 0 spiro atoms. The molecule has 1 aromatic carbocycles. The second kappa shape index (κ2) is 4.47. The molecule has 0 aliphatic heterocycles. The van der Waals surface area contributed by atoms with Crippen LogP contribution in [0.1, 0.15) is 25.3 Å². The number of anilines is 1. The van der Waals surface area contributed by atoms with Crippen LogP contribution >= 0.6 is 0 Å². The molecule has 0 heterocycles. The van der Waals surface area contributed by atoms with Gasteiger partial charge >= 0.3 is 5.97 Å². The van der Waals surface area contributed by atoms with Crippen LogP contribution in [0.3, 0.4) is 0 Å². The van der Waals surface area contributed by atoms with E-state index in [1.807, 2.05) is 0 Å². The van der Waals surface area contributed by atoms with Crippen molar-refractivity contribution in [2.24, 2.45) is 5.92 Å². The largest absolute Gasteiger partial charge is 0.481 e. The Bertz CT molecular complexity index is 419. The minimum Gasteiger partial charge on any atom is -0.481 e. The molecule has 1 rings (SSSR count). The first-order valence-electron chi connectivity index (χ1n) is 4.81. The van der Waals surface area contributed by atoms with E-state index < -0.39 is 23.5 Å². The van der Waals surface area contributed by atoms with Crippen LogP contribution in [0.4, 0.5) is 14.5 Å². The fraction of sp³-hybridized carbons (Fsp3) is 0.364. The monoisotopic (exact) mass is 229 g/mol. The zero-order valence-electron chi connectivity index (χ0n) is 9.00. The molecular formula is C11H13F2NO2. The van der Waals surface area contributed by atoms with Crippen LogP contribution < -0.4 is 5.73 Å². The molecule has 0 saturated heterocycles. The molecule has 16 heavy (non-hydrogen) atoms. The Morgan fingerprint density at radius 1 is 1.38 bits per heavy atom. The summed E-state index contributed by atoms with van der Waals surface area (Å²) in [5.74, 6) is -4.21. The smallest absolute Gasteiger partial charge is 0.311 e. The maximum Gasteiger partial charge on any atom is 0.311 e. The van der Waals surface area contributed by atoms with Gasteiger partial charge in [-0.15, -0.1) is 0 Å². The lowest BCUT2D eigenvalue weighted by atomic mass is 9.87. The minimum absolute atomic E-state index is 0.0139.